The SMILES string of the molecule is Cc1cn(Cn2cc(C3OC(CO)C(O)C3O)c(=O)[nH]c2=O)nn1. The third kappa shape index (κ3) is 2.89. The lowest BCUT2D eigenvalue weighted by molar-refractivity contribution is -0.0233. The molecule has 0 aliphatic carbocycles. The van der Waals surface area contributed by atoms with Crippen molar-refractivity contribution in [1.29, 1.82) is 0 Å². The number of nitrogens with zero attached hydrogens (tertiary/aromatic N) is 4. The highest BCUT2D eigenvalue weighted by Crippen LogP contribution is 2.31. The van der Waals surface area contributed by atoms with Gasteiger partial charge in [-0.05, 0) is 6.92 Å². The fraction of sp³-hybridized carbons (Fsp3) is 0.538. The summed E-state index contributed by atoms with van der Waals surface area (Å²) in [6.45, 7) is 1.23. The minimum atomic E-state index is -1.40. The molecule has 1 saturated heterocycles. The molecule has 0 radical (unpaired) electrons. The summed E-state index contributed by atoms with van der Waals surface area (Å²) in [5.41, 5.74) is -0.769. The van der Waals surface area contributed by atoms with E-state index in [1.165, 1.54) is 15.4 Å². The summed E-state index contributed by atoms with van der Waals surface area (Å²) in [6, 6.07) is 0. The normalized spacial score (nSPS) is 26.8. The number of hydrogen-bond acceptors (Lipinski definition) is 8. The van der Waals surface area contributed by atoms with Crippen LogP contribution in [-0.2, 0) is 11.4 Å². The Labute approximate surface area is 134 Å². The Morgan fingerprint density at radius 3 is 2.62 bits per heavy atom. The Morgan fingerprint density at radius 2 is 2.04 bits per heavy atom. The van der Waals surface area contributed by atoms with Crippen molar-refractivity contribution in [3.8, 4) is 0 Å². The predicted molar refractivity (Wildman–Crippen MR) is 78.2 cm³/mol. The van der Waals surface area contributed by atoms with Gasteiger partial charge >= 0.3 is 5.69 Å². The molecule has 1 aliphatic heterocycles. The van der Waals surface area contributed by atoms with E-state index in [-0.39, 0.29) is 12.2 Å². The monoisotopic (exact) mass is 339 g/mol. The van der Waals surface area contributed by atoms with E-state index >= 15 is 0 Å². The lowest BCUT2D eigenvalue weighted by Gasteiger charge is -2.15. The molecule has 2 aromatic rings. The maximum Gasteiger partial charge on any atom is 0.329 e. The predicted octanol–water partition coefficient (Wildman–Crippen LogP) is -2.90. The van der Waals surface area contributed by atoms with Crippen LogP contribution in [0.3, 0.4) is 0 Å². The number of aliphatic hydroxyl groups excluding tert-OH is 3. The fourth-order valence-corrected chi connectivity index (χ4v) is 2.61. The first-order valence-electron chi connectivity index (χ1n) is 7.23. The first-order chi connectivity index (χ1) is 11.4. The van der Waals surface area contributed by atoms with Gasteiger partial charge < -0.3 is 20.1 Å². The van der Waals surface area contributed by atoms with Crippen molar-refractivity contribution in [2.24, 2.45) is 0 Å². The third-order valence-corrected chi connectivity index (χ3v) is 3.84. The van der Waals surface area contributed by atoms with Crippen LogP contribution in [0.4, 0.5) is 0 Å². The van der Waals surface area contributed by atoms with Crippen molar-refractivity contribution >= 4 is 0 Å². The smallest absolute Gasteiger partial charge is 0.329 e. The second kappa shape index (κ2) is 6.28. The molecule has 2 aromatic heterocycles. The number of aliphatic hydroxyl groups is 3. The largest absolute Gasteiger partial charge is 0.394 e. The Kier molecular flexibility index (Phi) is 4.32. The molecule has 4 N–H and O–H groups in total. The highest BCUT2D eigenvalue weighted by molar-refractivity contribution is 5.14. The summed E-state index contributed by atoms with van der Waals surface area (Å²) >= 11 is 0. The van der Waals surface area contributed by atoms with E-state index in [9.17, 15) is 19.8 Å². The number of nitrogens with one attached hydrogen (secondary N) is 1. The first kappa shape index (κ1) is 16.5. The van der Waals surface area contributed by atoms with E-state index in [1.807, 2.05) is 0 Å². The minimum absolute atomic E-state index is 0.00174. The molecule has 4 unspecified atom stereocenters. The van der Waals surface area contributed by atoms with Crippen LogP contribution < -0.4 is 11.2 Å². The summed E-state index contributed by atoms with van der Waals surface area (Å²) in [5.74, 6) is 0. The van der Waals surface area contributed by atoms with Crippen LogP contribution in [0.5, 0.6) is 0 Å². The number of ether oxygens (including phenoxy) is 1. The van der Waals surface area contributed by atoms with Gasteiger partial charge in [-0.1, -0.05) is 5.21 Å². The van der Waals surface area contributed by atoms with Gasteiger partial charge in [0, 0.05) is 6.20 Å². The molecule has 11 nitrogen and oxygen atoms in total. The molecule has 0 saturated carbocycles. The standard InChI is InChI=1S/C13H17N5O6/c1-6-2-18(16-15-6)5-17-3-7(12(22)14-13(17)23)11-10(21)9(20)8(4-19)24-11/h2-3,8-11,19-21H,4-5H2,1H3,(H,14,22,23). The van der Waals surface area contributed by atoms with Crippen LogP contribution in [0.25, 0.3) is 0 Å². The number of rotatable bonds is 4. The number of aromatic amines is 1. The van der Waals surface area contributed by atoms with E-state index in [2.05, 4.69) is 15.3 Å². The molecular weight excluding hydrogens is 322 g/mol. The van der Waals surface area contributed by atoms with Gasteiger partial charge in [0.05, 0.1) is 24.1 Å². The zero-order valence-electron chi connectivity index (χ0n) is 12.7. The van der Waals surface area contributed by atoms with E-state index in [1.54, 1.807) is 13.1 Å². The molecule has 4 atom stereocenters. The molecule has 0 amide bonds. The second-order valence-corrected chi connectivity index (χ2v) is 5.61. The van der Waals surface area contributed by atoms with Crippen LogP contribution in [0.15, 0.2) is 22.0 Å². The number of aromatic nitrogens is 5. The molecule has 1 aliphatic rings. The maximum absolute atomic E-state index is 12.0. The molecule has 24 heavy (non-hydrogen) atoms. The lowest BCUT2D eigenvalue weighted by atomic mass is 10.0. The maximum atomic E-state index is 12.0. The van der Waals surface area contributed by atoms with Crippen molar-refractivity contribution in [3.63, 3.8) is 0 Å². The van der Waals surface area contributed by atoms with E-state index in [4.69, 9.17) is 9.84 Å². The number of aryl methyl sites for hydroxylation is 1. The molecule has 0 spiro atoms. The van der Waals surface area contributed by atoms with Gasteiger partial charge in [-0.3, -0.25) is 14.3 Å². The zero-order chi connectivity index (χ0) is 17.4. The van der Waals surface area contributed by atoms with Gasteiger partial charge in [0.1, 0.15) is 31.1 Å². The van der Waals surface area contributed by atoms with Crippen LogP contribution in [0, 0.1) is 6.92 Å². The topological polar surface area (TPSA) is 155 Å². The Bertz CT molecular complexity index is 842. The summed E-state index contributed by atoms with van der Waals surface area (Å²) in [4.78, 5) is 26.1. The van der Waals surface area contributed by atoms with Crippen molar-refractivity contribution < 1.29 is 20.1 Å². The molecule has 3 rings (SSSR count). The molecule has 11 heteroatoms. The quantitative estimate of drug-likeness (QED) is 0.462. The summed E-state index contributed by atoms with van der Waals surface area (Å²) in [7, 11) is 0. The average Bonchev–Trinajstić information content (AvgIpc) is 3.07. The van der Waals surface area contributed by atoms with E-state index in [0.29, 0.717) is 5.69 Å². The summed E-state index contributed by atoms with van der Waals surface area (Å²) in [6.07, 6.45) is -2.06. The second-order valence-electron chi connectivity index (χ2n) is 5.61. The molecule has 0 bridgehead atoms. The molecule has 1 fully saturated rings. The van der Waals surface area contributed by atoms with Crippen LogP contribution in [0.1, 0.15) is 17.4 Å². The van der Waals surface area contributed by atoms with Crippen molar-refractivity contribution in [2.75, 3.05) is 6.61 Å². The summed E-state index contributed by atoms with van der Waals surface area (Å²) in [5, 5.41) is 36.6. The minimum Gasteiger partial charge on any atom is -0.394 e. The van der Waals surface area contributed by atoms with E-state index < -0.39 is 42.3 Å². The van der Waals surface area contributed by atoms with Crippen molar-refractivity contribution in [1.82, 2.24) is 24.5 Å². The van der Waals surface area contributed by atoms with Gasteiger partial charge in [0.25, 0.3) is 5.56 Å². The number of H-pyrrole nitrogens is 1. The van der Waals surface area contributed by atoms with E-state index in [0.717, 1.165) is 0 Å². The molecule has 3 heterocycles. The highest BCUT2D eigenvalue weighted by Gasteiger charge is 2.44. The van der Waals surface area contributed by atoms with Gasteiger partial charge in [-0.25, -0.2) is 9.48 Å². The number of hydrogen-bond donors (Lipinski definition) is 4. The average molecular weight is 339 g/mol. The Hall–Kier alpha value is -2.34. The third-order valence-electron chi connectivity index (χ3n) is 3.84. The molecular formula is C13H17N5O6. The molecule has 0 aromatic carbocycles. The van der Waals surface area contributed by atoms with Crippen LogP contribution >= 0.6 is 0 Å². The van der Waals surface area contributed by atoms with Gasteiger partial charge in [-0.2, -0.15) is 0 Å². The summed E-state index contributed by atoms with van der Waals surface area (Å²) < 4.78 is 7.90. The fourth-order valence-electron chi connectivity index (χ4n) is 2.61. The van der Waals surface area contributed by atoms with Crippen LogP contribution in [-0.4, -0.2) is 64.8 Å². The van der Waals surface area contributed by atoms with Crippen molar-refractivity contribution in [3.05, 3.63) is 44.5 Å². The lowest BCUT2D eigenvalue weighted by Crippen LogP contribution is -2.36. The Morgan fingerprint density at radius 1 is 1.29 bits per heavy atom. The van der Waals surface area contributed by atoms with Gasteiger partial charge in [0.15, 0.2) is 0 Å². The highest BCUT2D eigenvalue weighted by atomic mass is 16.6. The van der Waals surface area contributed by atoms with Gasteiger partial charge in [-0.15, -0.1) is 5.10 Å². The zero-order valence-corrected chi connectivity index (χ0v) is 12.7. The first-order valence-corrected chi connectivity index (χ1v) is 7.23. The van der Waals surface area contributed by atoms with Crippen LogP contribution in [0.2, 0.25) is 0 Å². The Balaban J connectivity index is 1.96. The van der Waals surface area contributed by atoms with Gasteiger partial charge in [0.2, 0.25) is 0 Å². The molecule has 130 valence electrons. The van der Waals surface area contributed by atoms with Crippen molar-refractivity contribution in [2.45, 2.75) is 38.0 Å².